The predicted octanol–water partition coefficient (Wildman–Crippen LogP) is 2.25. The van der Waals surface area contributed by atoms with Crippen LogP contribution in [0.4, 0.5) is 0 Å². The molecule has 3 unspecified atom stereocenters. The smallest absolute Gasteiger partial charge is 0.364 e. The minimum Gasteiger partial charge on any atom is -0.396 e. The van der Waals surface area contributed by atoms with Crippen LogP contribution < -0.4 is 0 Å². The molecule has 1 aliphatic rings. The number of hydrogen-bond acceptors (Lipinski definition) is 4. The molecule has 4 nitrogen and oxygen atoms in total. The Kier molecular flexibility index (Phi) is 6.65. The molecule has 0 N–H and O–H groups in total. The summed E-state index contributed by atoms with van der Waals surface area (Å²) in [5.41, 5.74) is 0.0913. The van der Waals surface area contributed by atoms with Crippen molar-refractivity contribution in [2.24, 2.45) is 0 Å². The van der Waals surface area contributed by atoms with Crippen molar-refractivity contribution in [3.05, 3.63) is 0 Å². The quantitative estimate of drug-likeness (QED) is 0.344. The van der Waals surface area contributed by atoms with Gasteiger partial charge in [0, 0.05) is 13.7 Å². The van der Waals surface area contributed by atoms with E-state index in [9.17, 15) is 0 Å². The normalized spacial score (nSPS) is 24.4. The monoisotopic (exact) mass is 262 g/mol. The molecule has 0 aromatic carbocycles. The zero-order chi connectivity index (χ0) is 12.7. The highest BCUT2D eigenvalue weighted by atomic mass is 28.4. The van der Waals surface area contributed by atoms with Crippen LogP contribution in [0, 0.1) is 0 Å². The van der Waals surface area contributed by atoms with E-state index in [1.165, 1.54) is 0 Å². The molecule has 0 aromatic rings. The second-order valence-corrected chi connectivity index (χ2v) is 7.98. The Balaban J connectivity index is 2.39. The average Bonchev–Trinajstić information content (AvgIpc) is 3.14. The van der Waals surface area contributed by atoms with Gasteiger partial charge in [0.2, 0.25) is 0 Å². The van der Waals surface area contributed by atoms with Crippen LogP contribution in [-0.4, -0.2) is 47.3 Å². The molecule has 1 aliphatic heterocycles. The molecule has 0 spiro atoms. The van der Waals surface area contributed by atoms with Crippen LogP contribution in [0.25, 0.3) is 0 Å². The first-order valence-electron chi connectivity index (χ1n) is 6.58. The molecule has 0 bridgehead atoms. The zero-order valence-electron chi connectivity index (χ0n) is 11.5. The Morgan fingerprint density at radius 3 is 2.59 bits per heavy atom. The van der Waals surface area contributed by atoms with Crippen LogP contribution in [0.1, 0.15) is 33.1 Å². The second-order valence-electron chi connectivity index (χ2n) is 4.61. The molecule has 0 saturated carbocycles. The lowest BCUT2D eigenvalue weighted by Crippen LogP contribution is -2.51. The van der Waals surface area contributed by atoms with Crippen molar-refractivity contribution in [1.29, 1.82) is 0 Å². The van der Waals surface area contributed by atoms with Crippen molar-refractivity contribution in [3.63, 3.8) is 0 Å². The molecule has 0 aliphatic carbocycles. The van der Waals surface area contributed by atoms with E-state index < -0.39 is 8.56 Å². The van der Waals surface area contributed by atoms with Gasteiger partial charge in [0.25, 0.3) is 0 Å². The van der Waals surface area contributed by atoms with E-state index >= 15 is 0 Å². The summed E-state index contributed by atoms with van der Waals surface area (Å²) < 4.78 is 22.7. The molecule has 17 heavy (non-hydrogen) atoms. The van der Waals surface area contributed by atoms with E-state index in [0.29, 0.717) is 12.7 Å². The number of unbranched alkanes of at least 4 members (excludes halogenated alkanes) is 1. The second kappa shape index (κ2) is 7.48. The molecule has 1 heterocycles. The third-order valence-corrected chi connectivity index (χ3v) is 6.47. The van der Waals surface area contributed by atoms with Crippen molar-refractivity contribution < 1.29 is 18.3 Å². The maximum Gasteiger partial charge on any atom is 0.364 e. The molecule has 0 aromatic heterocycles. The van der Waals surface area contributed by atoms with Gasteiger partial charge in [0.05, 0.1) is 13.2 Å². The van der Waals surface area contributed by atoms with Gasteiger partial charge in [0.15, 0.2) is 0 Å². The molecule has 102 valence electrons. The van der Waals surface area contributed by atoms with E-state index in [4.69, 9.17) is 18.3 Å². The summed E-state index contributed by atoms with van der Waals surface area (Å²) >= 11 is 0. The summed E-state index contributed by atoms with van der Waals surface area (Å²) in [4.78, 5) is 0. The minimum absolute atomic E-state index is 0.0913. The van der Waals surface area contributed by atoms with E-state index in [0.717, 1.165) is 32.5 Å². The highest BCUT2D eigenvalue weighted by Crippen LogP contribution is 2.20. The summed E-state index contributed by atoms with van der Waals surface area (Å²) in [5, 5.41) is 0. The van der Waals surface area contributed by atoms with Crippen LogP contribution >= 0.6 is 0 Å². The van der Waals surface area contributed by atoms with Gasteiger partial charge in [-0.05, 0) is 19.4 Å². The van der Waals surface area contributed by atoms with Crippen molar-refractivity contribution in [1.82, 2.24) is 0 Å². The highest BCUT2D eigenvalue weighted by Gasteiger charge is 2.41. The molecule has 5 heteroatoms. The number of rotatable bonds is 10. The van der Waals surface area contributed by atoms with Crippen LogP contribution in [0.2, 0.25) is 6.55 Å². The van der Waals surface area contributed by atoms with Gasteiger partial charge in [-0.15, -0.1) is 0 Å². The molecular weight excluding hydrogens is 236 g/mol. The van der Waals surface area contributed by atoms with E-state index in [1.807, 2.05) is 0 Å². The van der Waals surface area contributed by atoms with E-state index in [2.05, 4.69) is 20.4 Å². The summed E-state index contributed by atoms with van der Waals surface area (Å²) in [6, 6.07) is 0. The summed E-state index contributed by atoms with van der Waals surface area (Å²) in [5.74, 6) is 0. The lowest BCUT2D eigenvalue weighted by atomic mass is 10.4. The number of epoxide rings is 1. The van der Waals surface area contributed by atoms with Gasteiger partial charge in [0.1, 0.15) is 11.8 Å². The van der Waals surface area contributed by atoms with Crippen LogP contribution in [-0.2, 0) is 18.3 Å². The summed E-state index contributed by atoms with van der Waals surface area (Å²) in [7, 11) is -0.473. The van der Waals surface area contributed by atoms with Gasteiger partial charge >= 0.3 is 8.56 Å². The zero-order valence-corrected chi connectivity index (χ0v) is 12.5. The van der Waals surface area contributed by atoms with Gasteiger partial charge in [-0.1, -0.05) is 20.3 Å². The fraction of sp³-hybridized carbons (Fsp3) is 1.00. The first-order valence-corrected chi connectivity index (χ1v) is 8.98. The molecule has 1 saturated heterocycles. The number of hydrogen-bond donors (Lipinski definition) is 0. The summed E-state index contributed by atoms with van der Waals surface area (Å²) in [6.07, 6.45) is 3.44. The largest absolute Gasteiger partial charge is 0.396 e. The van der Waals surface area contributed by atoms with Gasteiger partial charge in [-0.2, -0.15) is 0 Å². The van der Waals surface area contributed by atoms with Crippen LogP contribution in [0.5, 0.6) is 0 Å². The molecule has 0 amide bonds. The average molecular weight is 262 g/mol. The van der Waals surface area contributed by atoms with Crippen molar-refractivity contribution in [2.45, 2.75) is 51.5 Å². The Hall–Kier alpha value is 0.0569. The minimum atomic E-state index is -2.21. The topological polar surface area (TPSA) is 40.2 Å². The molecule has 0 radical (unpaired) electrons. The van der Waals surface area contributed by atoms with Gasteiger partial charge in [-0.25, -0.2) is 0 Å². The SMILES string of the molecule is CCCCO[Si](C)(OC)C(CC)OCC1CO1. The van der Waals surface area contributed by atoms with Crippen LogP contribution in [0.3, 0.4) is 0 Å². The lowest BCUT2D eigenvalue weighted by Gasteiger charge is -2.32. The first-order chi connectivity index (χ1) is 8.16. The van der Waals surface area contributed by atoms with Gasteiger partial charge in [-0.3, -0.25) is 0 Å². The molecule has 3 atom stereocenters. The predicted molar refractivity (Wildman–Crippen MR) is 69.3 cm³/mol. The van der Waals surface area contributed by atoms with E-state index in [1.54, 1.807) is 7.11 Å². The first kappa shape index (κ1) is 15.1. The van der Waals surface area contributed by atoms with Crippen molar-refractivity contribution in [2.75, 3.05) is 26.9 Å². The number of ether oxygens (including phenoxy) is 2. The summed E-state index contributed by atoms with van der Waals surface area (Å²) in [6.45, 7) is 8.64. The highest BCUT2D eigenvalue weighted by molar-refractivity contribution is 6.67. The van der Waals surface area contributed by atoms with Crippen molar-refractivity contribution >= 4 is 8.56 Å². The third-order valence-electron chi connectivity index (χ3n) is 3.13. The third kappa shape index (κ3) is 5.05. The van der Waals surface area contributed by atoms with Crippen molar-refractivity contribution in [3.8, 4) is 0 Å². The fourth-order valence-corrected chi connectivity index (χ4v) is 3.99. The molecule has 1 fully saturated rings. The Labute approximate surface area is 106 Å². The van der Waals surface area contributed by atoms with Crippen LogP contribution in [0.15, 0.2) is 0 Å². The molecule has 1 rings (SSSR count). The maximum absolute atomic E-state index is 5.98. The van der Waals surface area contributed by atoms with Gasteiger partial charge < -0.3 is 18.3 Å². The Morgan fingerprint density at radius 1 is 1.41 bits per heavy atom. The standard InChI is InChI=1S/C12H26O4Si/c1-5-7-8-16-17(4,13-3)12(6-2)15-10-11-9-14-11/h11-12H,5-10H2,1-4H3. The Bertz CT molecular complexity index is 211. The maximum atomic E-state index is 5.98. The Morgan fingerprint density at radius 2 is 2.12 bits per heavy atom. The fourth-order valence-electron chi connectivity index (χ4n) is 1.73. The molecular formula is C12H26O4Si. The lowest BCUT2D eigenvalue weighted by molar-refractivity contribution is 0.0423. The van der Waals surface area contributed by atoms with E-state index in [-0.39, 0.29) is 5.73 Å².